The molecule has 1 aromatic carbocycles. The molecule has 0 saturated carbocycles. The Morgan fingerprint density at radius 1 is 1.39 bits per heavy atom. The first kappa shape index (κ1) is 14.6. The summed E-state index contributed by atoms with van der Waals surface area (Å²) in [6.07, 6.45) is -2.17. The number of rotatable bonds is 3. The van der Waals surface area contributed by atoms with Crippen LogP contribution in [0.25, 0.3) is 6.08 Å². The van der Waals surface area contributed by atoms with Gasteiger partial charge in [0.2, 0.25) is 0 Å². The Labute approximate surface area is 109 Å². The molecular formula is C11H8BrF3O3. The van der Waals surface area contributed by atoms with Gasteiger partial charge in [0.25, 0.3) is 0 Å². The maximum absolute atomic E-state index is 12.0. The Bertz CT molecular complexity index is 469. The van der Waals surface area contributed by atoms with E-state index in [0.29, 0.717) is 10.0 Å². The number of halogens is 4. The summed E-state index contributed by atoms with van der Waals surface area (Å²) in [6, 6.07) is 3.68. The van der Waals surface area contributed by atoms with Gasteiger partial charge in [0, 0.05) is 10.5 Å². The molecule has 0 spiro atoms. The lowest BCUT2D eigenvalue weighted by molar-refractivity contribution is -0.274. The summed E-state index contributed by atoms with van der Waals surface area (Å²) in [5, 5.41) is 0. The Hall–Kier alpha value is -1.50. The molecule has 0 atom stereocenters. The van der Waals surface area contributed by atoms with Crippen LogP contribution in [0.2, 0.25) is 0 Å². The molecule has 18 heavy (non-hydrogen) atoms. The number of benzene rings is 1. The van der Waals surface area contributed by atoms with E-state index in [4.69, 9.17) is 0 Å². The second-order valence-corrected chi connectivity index (χ2v) is 3.94. The molecule has 0 radical (unpaired) electrons. The number of alkyl halides is 3. The van der Waals surface area contributed by atoms with Gasteiger partial charge >= 0.3 is 12.3 Å². The van der Waals surface area contributed by atoms with Gasteiger partial charge < -0.3 is 9.47 Å². The van der Waals surface area contributed by atoms with Crippen LogP contribution < -0.4 is 4.74 Å². The van der Waals surface area contributed by atoms with Gasteiger partial charge in [-0.25, -0.2) is 4.79 Å². The Morgan fingerprint density at radius 3 is 2.56 bits per heavy atom. The summed E-state index contributed by atoms with van der Waals surface area (Å²) < 4.78 is 44.4. The van der Waals surface area contributed by atoms with Crippen molar-refractivity contribution in [2.75, 3.05) is 7.11 Å². The molecule has 0 unspecified atom stereocenters. The second kappa shape index (κ2) is 5.90. The molecule has 0 N–H and O–H groups in total. The number of hydrogen-bond donors (Lipinski definition) is 0. The first-order chi connectivity index (χ1) is 8.31. The summed E-state index contributed by atoms with van der Waals surface area (Å²) in [6.45, 7) is 0. The second-order valence-electron chi connectivity index (χ2n) is 3.09. The van der Waals surface area contributed by atoms with E-state index in [-0.39, 0.29) is 5.75 Å². The molecule has 0 aromatic heterocycles. The minimum atomic E-state index is -4.73. The molecule has 0 saturated heterocycles. The first-order valence-corrected chi connectivity index (χ1v) is 5.42. The third-order valence-electron chi connectivity index (χ3n) is 1.81. The predicted molar refractivity (Wildman–Crippen MR) is 61.9 cm³/mol. The fourth-order valence-electron chi connectivity index (χ4n) is 1.07. The summed E-state index contributed by atoms with van der Waals surface area (Å²) >= 11 is 3.08. The zero-order chi connectivity index (χ0) is 13.8. The smallest absolute Gasteiger partial charge is 0.466 e. The number of methoxy groups -OCH3 is 1. The van der Waals surface area contributed by atoms with Crippen LogP contribution in [0.5, 0.6) is 5.75 Å². The van der Waals surface area contributed by atoms with Gasteiger partial charge in [-0.15, -0.1) is 13.2 Å². The van der Waals surface area contributed by atoms with E-state index in [9.17, 15) is 18.0 Å². The van der Waals surface area contributed by atoms with Crippen molar-refractivity contribution in [3.05, 3.63) is 34.3 Å². The zero-order valence-electron chi connectivity index (χ0n) is 9.12. The number of hydrogen-bond acceptors (Lipinski definition) is 3. The molecular weight excluding hydrogens is 317 g/mol. The highest BCUT2D eigenvalue weighted by Gasteiger charge is 2.31. The fourth-order valence-corrected chi connectivity index (χ4v) is 1.56. The first-order valence-electron chi connectivity index (χ1n) is 4.63. The molecule has 98 valence electrons. The topological polar surface area (TPSA) is 35.5 Å². The van der Waals surface area contributed by atoms with E-state index in [1.54, 1.807) is 0 Å². The van der Waals surface area contributed by atoms with Crippen LogP contribution in [0, 0.1) is 0 Å². The summed E-state index contributed by atoms with van der Waals surface area (Å²) in [5.74, 6) is -0.901. The van der Waals surface area contributed by atoms with Crippen LogP contribution in [-0.2, 0) is 9.53 Å². The lowest BCUT2D eigenvalue weighted by atomic mass is 10.2. The van der Waals surface area contributed by atoms with E-state index in [2.05, 4.69) is 25.4 Å². The minimum Gasteiger partial charge on any atom is -0.466 e. The predicted octanol–water partition coefficient (Wildman–Crippen LogP) is 3.53. The normalized spacial score (nSPS) is 11.6. The number of esters is 1. The zero-order valence-corrected chi connectivity index (χ0v) is 10.7. The van der Waals surface area contributed by atoms with Gasteiger partial charge in [-0.05, 0) is 23.8 Å². The number of carbonyl (C=O) groups is 1. The molecule has 0 aliphatic heterocycles. The van der Waals surface area contributed by atoms with Crippen LogP contribution >= 0.6 is 15.9 Å². The van der Waals surface area contributed by atoms with Crippen LogP contribution in [-0.4, -0.2) is 19.4 Å². The van der Waals surface area contributed by atoms with E-state index in [1.165, 1.54) is 19.3 Å². The van der Waals surface area contributed by atoms with E-state index in [1.807, 2.05) is 0 Å². The number of ether oxygens (including phenoxy) is 2. The molecule has 0 amide bonds. The Balaban J connectivity index is 2.86. The summed E-state index contributed by atoms with van der Waals surface area (Å²) in [5.41, 5.74) is 0.523. The van der Waals surface area contributed by atoms with Crippen molar-refractivity contribution in [2.24, 2.45) is 0 Å². The highest BCUT2D eigenvalue weighted by molar-refractivity contribution is 9.10. The fraction of sp³-hybridized carbons (Fsp3) is 0.182. The van der Waals surface area contributed by atoms with Gasteiger partial charge in [-0.1, -0.05) is 22.0 Å². The Morgan fingerprint density at radius 2 is 2.06 bits per heavy atom. The summed E-state index contributed by atoms with van der Waals surface area (Å²) in [7, 11) is 1.22. The molecule has 7 heteroatoms. The molecule has 0 heterocycles. The van der Waals surface area contributed by atoms with Crippen molar-refractivity contribution >= 4 is 28.0 Å². The van der Waals surface area contributed by atoms with E-state index in [0.717, 1.165) is 18.2 Å². The van der Waals surface area contributed by atoms with Crippen LogP contribution in [0.15, 0.2) is 28.7 Å². The largest absolute Gasteiger partial charge is 0.573 e. The van der Waals surface area contributed by atoms with E-state index < -0.39 is 12.3 Å². The molecule has 1 rings (SSSR count). The van der Waals surface area contributed by atoms with Gasteiger partial charge in [-0.3, -0.25) is 0 Å². The van der Waals surface area contributed by atoms with Crippen LogP contribution in [0.1, 0.15) is 5.56 Å². The molecule has 0 aliphatic rings. The third-order valence-corrected chi connectivity index (χ3v) is 2.49. The van der Waals surface area contributed by atoms with Gasteiger partial charge in [0.05, 0.1) is 7.11 Å². The van der Waals surface area contributed by atoms with E-state index >= 15 is 0 Å². The monoisotopic (exact) mass is 324 g/mol. The maximum Gasteiger partial charge on any atom is 0.573 e. The van der Waals surface area contributed by atoms with Crippen molar-refractivity contribution in [3.8, 4) is 5.75 Å². The van der Waals surface area contributed by atoms with Crippen molar-refractivity contribution in [1.82, 2.24) is 0 Å². The number of carbonyl (C=O) groups excluding carboxylic acids is 1. The molecule has 3 nitrogen and oxygen atoms in total. The molecule has 1 aromatic rings. The molecule has 0 fully saturated rings. The third kappa shape index (κ3) is 4.79. The quantitative estimate of drug-likeness (QED) is 0.630. The standard InChI is InChI=1S/C11H8BrF3O3/c1-17-10(16)5-3-7-2-4-8(6-9(7)12)18-11(13,14)15/h2-6H,1H3. The average molecular weight is 325 g/mol. The van der Waals surface area contributed by atoms with Crippen LogP contribution in [0.4, 0.5) is 13.2 Å². The molecule has 0 aliphatic carbocycles. The van der Waals surface area contributed by atoms with Gasteiger partial charge in [-0.2, -0.15) is 0 Å². The van der Waals surface area contributed by atoms with Crippen molar-refractivity contribution in [2.45, 2.75) is 6.36 Å². The maximum atomic E-state index is 12.0. The lowest BCUT2D eigenvalue weighted by Crippen LogP contribution is -2.17. The van der Waals surface area contributed by atoms with Crippen molar-refractivity contribution in [1.29, 1.82) is 0 Å². The van der Waals surface area contributed by atoms with Crippen molar-refractivity contribution in [3.63, 3.8) is 0 Å². The SMILES string of the molecule is COC(=O)C=Cc1ccc(OC(F)(F)F)cc1Br. The summed E-state index contributed by atoms with van der Waals surface area (Å²) in [4.78, 5) is 10.9. The average Bonchev–Trinajstić information content (AvgIpc) is 2.25. The Kier molecular flexibility index (Phi) is 4.77. The lowest BCUT2D eigenvalue weighted by Gasteiger charge is -2.09. The van der Waals surface area contributed by atoms with Crippen LogP contribution in [0.3, 0.4) is 0 Å². The highest BCUT2D eigenvalue weighted by atomic mass is 79.9. The van der Waals surface area contributed by atoms with Gasteiger partial charge in [0.1, 0.15) is 5.75 Å². The highest BCUT2D eigenvalue weighted by Crippen LogP contribution is 2.28. The van der Waals surface area contributed by atoms with Crippen molar-refractivity contribution < 1.29 is 27.4 Å². The molecule has 0 bridgehead atoms. The minimum absolute atomic E-state index is 0.343. The van der Waals surface area contributed by atoms with Gasteiger partial charge in [0.15, 0.2) is 0 Å².